The summed E-state index contributed by atoms with van der Waals surface area (Å²) in [5.41, 5.74) is 1.14. The van der Waals surface area contributed by atoms with Crippen LogP contribution in [0.5, 0.6) is 0 Å². The number of nitrogens with zero attached hydrogens (tertiary/aromatic N) is 4. The predicted molar refractivity (Wildman–Crippen MR) is 123 cm³/mol. The maximum atomic E-state index is 13.3. The first kappa shape index (κ1) is 24.0. The second-order valence-electron chi connectivity index (χ2n) is 6.68. The quantitative estimate of drug-likeness (QED) is 0.277. The van der Waals surface area contributed by atoms with Crippen molar-refractivity contribution in [3.8, 4) is 0 Å². The zero-order valence-corrected chi connectivity index (χ0v) is 18.2. The molecular weight excluding hydrogens is 466 g/mol. The highest BCUT2D eigenvalue weighted by atomic mass is 32.2. The van der Waals surface area contributed by atoms with E-state index in [2.05, 4.69) is 10.5 Å². The maximum Gasteiger partial charge on any atom is 0.293 e. The van der Waals surface area contributed by atoms with Gasteiger partial charge in [-0.25, -0.2) is 18.1 Å². The van der Waals surface area contributed by atoms with Crippen molar-refractivity contribution in [2.24, 2.45) is 5.10 Å². The summed E-state index contributed by atoms with van der Waals surface area (Å²) in [6, 6.07) is 17.9. The zero-order chi connectivity index (χ0) is 24.7. The van der Waals surface area contributed by atoms with Gasteiger partial charge in [0.05, 0.1) is 26.5 Å². The van der Waals surface area contributed by atoms with Crippen molar-refractivity contribution in [2.75, 3.05) is 10.8 Å². The van der Waals surface area contributed by atoms with Crippen LogP contribution in [-0.2, 0) is 14.8 Å². The first-order valence-corrected chi connectivity index (χ1v) is 11.0. The van der Waals surface area contributed by atoms with E-state index in [1.54, 1.807) is 12.1 Å². The van der Waals surface area contributed by atoms with Crippen molar-refractivity contribution in [3.05, 3.63) is 105 Å². The molecule has 0 aliphatic rings. The minimum Gasteiger partial charge on any atom is -0.271 e. The molecule has 3 aromatic carbocycles. The third kappa shape index (κ3) is 5.39. The molecule has 12 nitrogen and oxygen atoms in total. The molecule has 0 aliphatic heterocycles. The van der Waals surface area contributed by atoms with Crippen LogP contribution in [0.4, 0.5) is 17.1 Å². The Morgan fingerprint density at radius 3 is 2.09 bits per heavy atom. The Morgan fingerprint density at radius 2 is 1.44 bits per heavy atom. The molecule has 0 saturated carbocycles. The van der Waals surface area contributed by atoms with Gasteiger partial charge in [0.1, 0.15) is 12.2 Å². The standard InChI is InChI=1S/C21H17N5O7S/c27-21(23-22-14-16-8-4-5-11-18(16)25(28)29)15-24(19-12-6-7-13-20(19)26(30)31)34(32,33)17-9-2-1-3-10-17/h1-14H,15H2,(H,23,27)/b22-14-. The van der Waals surface area contributed by atoms with Crippen molar-refractivity contribution in [1.29, 1.82) is 0 Å². The minimum absolute atomic E-state index is 0.111. The van der Waals surface area contributed by atoms with Crippen molar-refractivity contribution in [1.82, 2.24) is 5.43 Å². The highest BCUT2D eigenvalue weighted by molar-refractivity contribution is 7.92. The number of nitrogens with one attached hydrogen (secondary N) is 1. The monoisotopic (exact) mass is 483 g/mol. The molecule has 1 N–H and O–H groups in total. The molecule has 0 unspecified atom stereocenters. The minimum atomic E-state index is -4.37. The van der Waals surface area contributed by atoms with Crippen molar-refractivity contribution >= 4 is 39.2 Å². The van der Waals surface area contributed by atoms with Crippen LogP contribution in [0.15, 0.2) is 88.9 Å². The largest absolute Gasteiger partial charge is 0.293 e. The van der Waals surface area contributed by atoms with E-state index in [0.29, 0.717) is 4.31 Å². The van der Waals surface area contributed by atoms with Crippen molar-refractivity contribution in [2.45, 2.75) is 4.90 Å². The van der Waals surface area contributed by atoms with Gasteiger partial charge in [0, 0.05) is 12.1 Å². The van der Waals surface area contributed by atoms with Crippen molar-refractivity contribution in [3.63, 3.8) is 0 Å². The van der Waals surface area contributed by atoms with Gasteiger partial charge in [-0.1, -0.05) is 42.5 Å². The molecule has 3 aromatic rings. The number of hydrogen-bond donors (Lipinski definition) is 1. The lowest BCUT2D eigenvalue weighted by molar-refractivity contribution is -0.385. The predicted octanol–water partition coefficient (Wildman–Crippen LogP) is 2.85. The molecule has 13 heteroatoms. The summed E-state index contributed by atoms with van der Waals surface area (Å²) >= 11 is 0. The third-order valence-electron chi connectivity index (χ3n) is 4.49. The Morgan fingerprint density at radius 1 is 0.882 bits per heavy atom. The number of hydrogen-bond acceptors (Lipinski definition) is 8. The molecule has 0 aromatic heterocycles. The first-order valence-electron chi connectivity index (χ1n) is 9.58. The Hall–Kier alpha value is -4.65. The number of rotatable bonds is 9. The van der Waals surface area contributed by atoms with Crippen LogP contribution in [0.1, 0.15) is 5.56 Å². The molecule has 0 aliphatic carbocycles. The van der Waals surface area contributed by atoms with Crippen LogP contribution in [0, 0.1) is 20.2 Å². The van der Waals surface area contributed by atoms with Crippen molar-refractivity contribution < 1.29 is 23.1 Å². The molecule has 0 radical (unpaired) electrons. The lowest BCUT2D eigenvalue weighted by Crippen LogP contribution is -2.39. The van der Waals surface area contributed by atoms with Crippen LogP contribution in [-0.4, -0.2) is 36.9 Å². The van der Waals surface area contributed by atoms with Crippen LogP contribution >= 0.6 is 0 Å². The van der Waals surface area contributed by atoms with Crippen LogP contribution in [0.3, 0.4) is 0 Å². The topological polar surface area (TPSA) is 165 Å². The maximum absolute atomic E-state index is 13.3. The highest BCUT2D eigenvalue weighted by Gasteiger charge is 2.31. The van der Waals surface area contributed by atoms with E-state index in [-0.39, 0.29) is 21.8 Å². The summed E-state index contributed by atoms with van der Waals surface area (Å²) < 4.78 is 27.1. The lowest BCUT2D eigenvalue weighted by atomic mass is 10.2. The number of benzene rings is 3. The number of nitro benzene ring substituents is 2. The second kappa shape index (κ2) is 10.3. The summed E-state index contributed by atoms with van der Waals surface area (Å²) in [6.45, 7) is -0.837. The number of carbonyl (C=O) groups excluding carboxylic acids is 1. The number of anilines is 1. The summed E-state index contributed by atoms with van der Waals surface area (Å²) in [5.74, 6) is -0.924. The Bertz CT molecular complexity index is 1360. The Balaban J connectivity index is 1.92. The molecule has 0 bridgehead atoms. The molecule has 0 saturated heterocycles. The van der Waals surface area contributed by atoms with Crippen LogP contribution < -0.4 is 9.73 Å². The van der Waals surface area contributed by atoms with E-state index < -0.39 is 38.0 Å². The van der Waals surface area contributed by atoms with E-state index >= 15 is 0 Å². The first-order chi connectivity index (χ1) is 16.2. The van der Waals surface area contributed by atoms with E-state index in [9.17, 15) is 33.4 Å². The van der Waals surface area contributed by atoms with Crippen LogP contribution in [0.25, 0.3) is 0 Å². The SMILES string of the molecule is O=C(CN(c1ccccc1[N+](=O)[O-])S(=O)(=O)c1ccccc1)N/N=C\c1ccccc1[N+](=O)[O-]. The molecule has 174 valence electrons. The normalized spacial score (nSPS) is 11.2. The number of para-hydroxylation sites is 3. The summed E-state index contributed by atoms with van der Waals surface area (Å²) in [7, 11) is -4.37. The van der Waals surface area contributed by atoms with Gasteiger partial charge >= 0.3 is 0 Å². The van der Waals surface area contributed by atoms with Gasteiger partial charge in [-0.05, 0) is 24.3 Å². The zero-order valence-electron chi connectivity index (χ0n) is 17.3. The molecule has 0 heterocycles. The summed E-state index contributed by atoms with van der Waals surface area (Å²) in [6.07, 6.45) is 1.04. The molecule has 34 heavy (non-hydrogen) atoms. The van der Waals surface area contributed by atoms with E-state index in [0.717, 1.165) is 12.3 Å². The second-order valence-corrected chi connectivity index (χ2v) is 8.54. The number of hydrazone groups is 1. The Kier molecular flexibility index (Phi) is 7.28. The number of sulfonamides is 1. The van der Waals surface area contributed by atoms with Gasteiger partial charge in [0.25, 0.3) is 27.3 Å². The van der Waals surface area contributed by atoms with Crippen LogP contribution in [0.2, 0.25) is 0 Å². The van der Waals surface area contributed by atoms with E-state index in [1.807, 2.05) is 0 Å². The molecule has 3 rings (SSSR count). The highest BCUT2D eigenvalue weighted by Crippen LogP contribution is 2.31. The fraction of sp³-hybridized carbons (Fsp3) is 0.0476. The van der Waals surface area contributed by atoms with Gasteiger partial charge < -0.3 is 0 Å². The molecule has 1 amide bonds. The average molecular weight is 483 g/mol. The van der Waals surface area contributed by atoms with Gasteiger partial charge in [-0.15, -0.1) is 0 Å². The summed E-state index contributed by atoms with van der Waals surface area (Å²) in [5, 5.41) is 26.2. The third-order valence-corrected chi connectivity index (χ3v) is 6.27. The average Bonchev–Trinajstić information content (AvgIpc) is 2.83. The van der Waals surface area contributed by atoms with E-state index in [4.69, 9.17) is 0 Å². The van der Waals surface area contributed by atoms with Gasteiger partial charge in [0.2, 0.25) is 0 Å². The molecule has 0 spiro atoms. The lowest BCUT2D eigenvalue weighted by Gasteiger charge is -2.23. The number of nitro groups is 2. The van der Waals surface area contributed by atoms with Gasteiger partial charge in [-0.2, -0.15) is 5.10 Å². The Labute approximate surface area is 193 Å². The van der Waals surface area contributed by atoms with Gasteiger partial charge in [-0.3, -0.25) is 25.0 Å². The molecule has 0 fully saturated rings. The van der Waals surface area contributed by atoms with Gasteiger partial charge in [0.15, 0.2) is 0 Å². The number of amides is 1. The fourth-order valence-corrected chi connectivity index (χ4v) is 4.41. The van der Waals surface area contributed by atoms with E-state index in [1.165, 1.54) is 60.7 Å². The summed E-state index contributed by atoms with van der Waals surface area (Å²) in [4.78, 5) is 33.6. The fourth-order valence-electron chi connectivity index (χ4n) is 2.95. The molecular formula is C21H17N5O7S. The smallest absolute Gasteiger partial charge is 0.271 e. The number of carbonyl (C=O) groups is 1. The molecule has 0 atom stereocenters.